The van der Waals surface area contributed by atoms with E-state index in [-0.39, 0.29) is 24.0 Å². The van der Waals surface area contributed by atoms with Gasteiger partial charge in [-0.25, -0.2) is 0 Å². The van der Waals surface area contributed by atoms with E-state index in [2.05, 4.69) is 22.5 Å². The second kappa shape index (κ2) is 9.80. The van der Waals surface area contributed by atoms with E-state index in [0.717, 1.165) is 25.3 Å². The number of nitrogens with one attached hydrogen (secondary N) is 2. The molecule has 1 aliphatic carbocycles. The lowest BCUT2D eigenvalue weighted by Crippen LogP contribution is -2.43. The molecule has 4 nitrogen and oxygen atoms in total. The van der Waals surface area contributed by atoms with Gasteiger partial charge in [0, 0.05) is 12.6 Å². The number of rotatable bonds is 6. The van der Waals surface area contributed by atoms with E-state index in [0.29, 0.717) is 12.6 Å². The van der Waals surface area contributed by atoms with Gasteiger partial charge >= 0.3 is 0 Å². The molecule has 19 heavy (non-hydrogen) atoms. The first-order valence-electron chi connectivity index (χ1n) is 7.40. The monoisotopic (exact) mass is 383 g/mol. The highest BCUT2D eigenvalue weighted by molar-refractivity contribution is 14.0. The van der Waals surface area contributed by atoms with Crippen molar-refractivity contribution in [3.63, 3.8) is 0 Å². The fourth-order valence-electron chi connectivity index (χ4n) is 2.28. The first-order valence-corrected chi connectivity index (χ1v) is 7.40. The summed E-state index contributed by atoms with van der Waals surface area (Å²) in [6, 6.07) is 0.555. The van der Waals surface area contributed by atoms with Crippen molar-refractivity contribution in [2.24, 2.45) is 4.99 Å². The summed E-state index contributed by atoms with van der Waals surface area (Å²) in [4.78, 5) is 4.54. The molecule has 5 heteroatoms. The minimum absolute atomic E-state index is 0. The Labute approximate surface area is 134 Å². The predicted octanol–water partition coefficient (Wildman–Crippen LogP) is 2.65. The van der Waals surface area contributed by atoms with Crippen molar-refractivity contribution in [2.45, 2.75) is 70.9 Å². The molecule has 0 aromatic heterocycles. The van der Waals surface area contributed by atoms with Gasteiger partial charge in [0.15, 0.2) is 5.96 Å². The molecule has 0 amide bonds. The first kappa shape index (κ1) is 19.0. The number of nitrogens with zero attached hydrogens (tertiary/aromatic N) is 1. The summed E-state index contributed by atoms with van der Waals surface area (Å²) >= 11 is 0. The molecule has 0 radical (unpaired) electrons. The van der Waals surface area contributed by atoms with Crippen LogP contribution in [0.5, 0.6) is 0 Å². The molecule has 1 saturated carbocycles. The standard InChI is InChI=1S/C14H29N3O.HI/c1-4-14(18,5-2)11-16-13(15-6-3)17-12-9-7-8-10-12;/h12,18H,4-11H2,1-3H3,(H2,15,16,17);1H. The third kappa shape index (κ3) is 6.79. The van der Waals surface area contributed by atoms with Crippen LogP contribution in [0.2, 0.25) is 0 Å². The fourth-order valence-corrected chi connectivity index (χ4v) is 2.28. The minimum atomic E-state index is -0.655. The average molecular weight is 383 g/mol. The van der Waals surface area contributed by atoms with E-state index in [1.807, 2.05) is 13.8 Å². The SMILES string of the molecule is CCNC(=NCC(O)(CC)CC)NC1CCCC1.I. The Morgan fingerprint density at radius 2 is 1.79 bits per heavy atom. The normalized spacial score (nSPS) is 17.2. The van der Waals surface area contributed by atoms with E-state index in [4.69, 9.17) is 0 Å². The van der Waals surface area contributed by atoms with Crippen LogP contribution >= 0.6 is 24.0 Å². The Morgan fingerprint density at radius 1 is 1.21 bits per heavy atom. The van der Waals surface area contributed by atoms with Gasteiger partial charge in [-0.3, -0.25) is 4.99 Å². The van der Waals surface area contributed by atoms with Crippen molar-refractivity contribution in [1.82, 2.24) is 10.6 Å². The predicted molar refractivity (Wildman–Crippen MR) is 92.3 cm³/mol. The van der Waals surface area contributed by atoms with Gasteiger partial charge < -0.3 is 15.7 Å². The molecular weight excluding hydrogens is 353 g/mol. The number of aliphatic imine (C=N–C) groups is 1. The third-order valence-corrected chi connectivity index (χ3v) is 3.89. The summed E-state index contributed by atoms with van der Waals surface area (Å²) in [5, 5.41) is 17.0. The van der Waals surface area contributed by atoms with Crippen molar-refractivity contribution in [3.8, 4) is 0 Å². The van der Waals surface area contributed by atoms with E-state index in [1.165, 1.54) is 25.7 Å². The Hall–Kier alpha value is -0.0400. The van der Waals surface area contributed by atoms with Gasteiger partial charge in [-0.2, -0.15) is 0 Å². The summed E-state index contributed by atoms with van der Waals surface area (Å²) in [6.45, 7) is 7.42. The van der Waals surface area contributed by atoms with E-state index in [1.54, 1.807) is 0 Å². The largest absolute Gasteiger partial charge is 0.388 e. The molecule has 0 atom stereocenters. The molecule has 0 aliphatic heterocycles. The number of guanidine groups is 1. The lowest BCUT2D eigenvalue weighted by molar-refractivity contribution is 0.0417. The van der Waals surface area contributed by atoms with E-state index >= 15 is 0 Å². The van der Waals surface area contributed by atoms with Crippen molar-refractivity contribution >= 4 is 29.9 Å². The average Bonchev–Trinajstić information content (AvgIpc) is 2.89. The summed E-state index contributed by atoms with van der Waals surface area (Å²) in [5.74, 6) is 0.852. The van der Waals surface area contributed by atoms with Gasteiger partial charge in [-0.1, -0.05) is 26.7 Å². The van der Waals surface area contributed by atoms with Gasteiger partial charge in [0.1, 0.15) is 0 Å². The zero-order chi connectivity index (χ0) is 13.4. The lowest BCUT2D eigenvalue weighted by atomic mass is 9.98. The van der Waals surface area contributed by atoms with Crippen LogP contribution in [0.4, 0.5) is 0 Å². The quantitative estimate of drug-likeness (QED) is 0.376. The van der Waals surface area contributed by atoms with Gasteiger partial charge in [0.05, 0.1) is 12.1 Å². The number of hydrogen-bond acceptors (Lipinski definition) is 2. The summed E-state index contributed by atoms with van der Waals surface area (Å²) in [6.07, 6.45) is 6.58. The number of aliphatic hydroxyl groups is 1. The van der Waals surface area contributed by atoms with Crippen LogP contribution in [0.25, 0.3) is 0 Å². The molecule has 1 rings (SSSR count). The topological polar surface area (TPSA) is 56.7 Å². The number of hydrogen-bond donors (Lipinski definition) is 3. The maximum Gasteiger partial charge on any atom is 0.191 e. The van der Waals surface area contributed by atoms with Crippen LogP contribution in [0.3, 0.4) is 0 Å². The summed E-state index contributed by atoms with van der Waals surface area (Å²) < 4.78 is 0. The fraction of sp³-hybridized carbons (Fsp3) is 0.929. The molecular formula is C14H30IN3O. The molecule has 1 fully saturated rings. The second-order valence-corrected chi connectivity index (χ2v) is 5.25. The molecule has 0 unspecified atom stereocenters. The van der Waals surface area contributed by atoms with Gasteiger partial charge in [0.25, 0.3) is 0 Å². The van der Waals surface area contributed by atoms with Crippen molar-refractivity contribution in [2.75, 3.05) is 13.1 Å². The van der Waals surface area contributed by atoms with E-state index < -0.39 is 5.60 Å². The van der Waals surface area contributed by atoms with Crippen LogP contribution in [0, 0.1) is 0 Å². The molecule has 0 saturated heterocycles. The van der Waals surface area contributed by atoms with Gasteiger partial charge in [-0.05, 0) is 32.6 Å². The Kier molecular flexibility index (Phi) is 9.78. The highest BCUT2D eigenvalue weighted by atomic mass is 127. The number of halogens is 1. The molecule has 114 valence electrons. The molecule has 0 spiro atoms. The van der Waals surface area contributed by atoms with Crippen LogP contribution in [-0.4, -0.2) is 35.8 Å². The molecule has 0 aromatic carbocycles. The maximum atomic E-state index is 10.2. The summed E-state index contributed by atoms with van der Waals surface area (Å²) in [5.41, 5.74) is -0.655. The zero-order valence-electron chi connectivity index (χ0n) is 12.5. The Balaban J connectivity index is 0.00000324. The molecule has 0 bridgehead atoms. The highest BCUT2D eigenvalue weighted by Gasteiger charge is 2.22. The van der Waals surface area contributed by atoms with Crippen molar-refractivity contribution in [1.29, 1.82) is 0 Å². The first-order chi connectivity index (χ1) is 8.63. The Morgan fingerprint density at radius 3 is 2.26 bits per heavy atom. The van der Waals surface area contributed by atoms with E-state index in [9.17, 15) is 5.11 Å². The second-order valence-electron chi connectivity index (χ2n) is 5.25. The maximum absolute atomic E-state index is 10.2. The molecule has 1 aliphatic rings. The third-order valence-electron chi connectivity index (χ3n) is 3.89. The van der Waals surface area contributed by atoms with Gasteiger partial charge in [-0.15, -0.1) is 24.0 Å². The van der Waals surface area contributed by atoms with Crippen LogP contribution in [-0.2, 0) is 0 Å². The Bertz CT molecular complexity index is 261. The smallest absolute Gasteiger partial charge is 0.191 e. The van der Waals surface area contributed by atoms with Gasteiger partial charge in [0.2, 0.25) is 0 Å². The zero-order valence-corrected chi connectivity index (χ0v) is 14.9. The summed E-state index contributed by atoms with van der Waals surface area (Å²) in [7, 11) is 0. The van der Waals surface area contributed by atoms with Crippen molar-refractivity contribution in [3.05, 3.63) is 0 Å². The van der Waals surface area contributed by atoms with Crippen LogP contribution < -0.4 is 10.6 Å². The highest BCUT2D eigenvalue weighted by Crippen LogP contribution is 2.18. The lowest BCUT2D eigenvalue weighted by Gasteiger charge is -2.24. The molecule has 3 N–H and O–H groups in total. The van der Waals surface area contributed by atoms with Crippen molar-refractivity contribution < 1.29 is 5.11 Å². The molecule has 0 heterocycles. The van der Waals surface area contributed by atoms with Crippen LogP contribution in [0.1, 0.15) is 59.3 Å². The minimum Gasteiger partial charge on any atom is -0.388 e. The van der Waals surface area contributed by atoms with Crippen LogP contribution in [0.15, 0.2) is 4.99 Å². The molecule has 0 aromatic rings.